The molecule has 6 aliphatic rings. The molecule has 3 aromatic carbocycles. The number of aliphatic hydroxyl groups is 1. The van der Waals surface area contributed by atoms with Crippen LogP contribution in [0.25, 0.3) is 33.3 Å². The zero-order chi connectivity index (χ0) is 84.2. The van der Waals surface area contributed by atoms with Crippen molar-refractivity contribution in [2.75, 3.05) is 81.8 Å². The van der Waals surface area contributed by atoms with Crippen molar-refractivity contribution in [2.24, 2.45) is 29.4 Å². The summed E-state index contributed by atoms with van der Waals surface area (Å²) in [5, 5.41) is 54.0. The Labute approximate surface area is 670 Å². The average Bonchev–Trinajstić information content (AvgIpc) is 1.43. The van der Waals surface area contributed by atoms with Crippen LogP contribution in [-0.4, -0.2) is 199 Å². The molecule has 3 aromatic rings. The summed E-state index contributed by atoms with van der Waals surface area (Å²) in [5.74, 6) is -9.64. The Bertz CT molecular complexity index is 4610. The lowest BCUT2D eigenvalue weighted by molar-refractivity contribution is -0.161. The Balaban J connectivity index is 0.806. The number of urea groups is 1. The fraction of sp³-hybridized carbons (Fsp3) is 0.500. The van der Waals surface area contributed by atoms with E-state index in [1.165, 1.54) is 65.4 Å². The largest absolute Gasteiger partial charge is 0.507 e. The maximum Gasteiger partial charge on any atom is 0.407 e. The van der Waals surface area contributed by atoms with Crippen molar-refractivity contribution in [3.8, 4) is 28.7 Å². The smallest absolute Gasteiger partial charge is 0.407 e. The quantitative estimate of drug-likeness (QED) is 0.00726. The fourth-order valence-corrected chi connectivity index (χ4v) is 14.2. The van der Waals surface area contributed by atoms with E-state index in [9.17, 15) is 63.3 Å². The highest BCUT2D eigenvalue weighted by atomic mass is 16.7. The first kappa shape index (κ1) is 88.5. The van der Waals surface area contributed by atoms with Crippen molar-refractivity contribution < 1.29 is 106 Å². The average molecular weight is 1610 g/mol. The minimum absolute atomic E-state index is 0.0230. The van der Waals surface area contributed by atoms with Gasteiger partial charge in [0.15, 0.2) is 11.3 Å². The molecule has 34 nitrogen and oxygen atoms in total. The van der Waals surface area contributed by atoms with Crippen LogP contribution in [0.3, 0.4) is 0 Å². The number of fused-ring (bicyclic) bond motifs is 2. The van der Waals surface area contributed by atoms with Crippen LogP contribution in [0.2, 0.25) is 0 Å². The van der Waals surface area contributed by atoms with Crippen molar-refractivity contribution >= 4 is 104 Å². The number of imide groups is 1. The topological polar surface area (TPSA) is 473 Å². The number of carbonyl (C=O) groups excluding carboxylic acids is 11. The summed E-state index contributed by atoms with van der Waals surface area (Å²) in [6, 6.07) is 6.27. The zero-order valence-corrected chi connectivity index (χ0v) is 66.8. The molecular formula is C82H105N11O23. The molecule has 1 fully saturated rings. The number of anilines is 3. The van der Waals surface area contributed by atoms with E-state index in [0.29, 0.717) is 75.1 Å². The first-order valence-electron chi connectivity index (χ1n) is 38.9. The Morgan fingerprint density at radius 1 is 0.836 bits per heavy atom. The number of nitrogens with one attached hydrogen (secondary N) is 7. The molecule has 9 rings (SSSR count). The molecule has 5 heterocycles. The number of benzene rings is 4. The molecule has 0 unspecified atom stereocenters. The number of ketones is 1. The summed E-state index contributed by atoms with van der Waals surface area (Å²) < 4.78 is 46.8. The number of rotatable bonds is 30. The van der Waals surface area contributed by atoms with Gasteiger partial charge >= 0.3 is 23.9 Å². The van der Waals surface area contributed by atoms with Crippen LogP contribution in [0, 0.1) is 30.6 Å². The van der Waals surface area contributed by atoms with Crippen LogP contribution in [-0.2, 0) is 73.4 Å². The number of allylic oxidation sites excluding steroid dienone is 3. The second-order valence-corrected chi connectivity index (χ2v) is 30.0. The van der Waals surface area contributed by atoms with E-state index in [1.54, 1.807) is 63.3 Å². The lowest BCUT2D eigenvalue weighted by atomic mass is 9.86. The normalized spacial score (nSPS) is 21.6. The van der Waals surface area contributed by atoms with Gasteiger partial charge in [0.2, 0.25) is 29.1 Å². The Morgan fingerprint density at radius 2 is 1.54 bits per heavy atom. The number of methoxy groups -OCH3 is 1. The molecule has 4 bridgehead atoms. The van der Waals surface area contributed by atoms with Gasteiger partial charge in [0, 0.05) is 118 Å². The first-order chi connectivity index (χ1) is 55.2. The van der Waals surface area contributed by atoms with Gasteiger partial charge in [-0.2, -0.15) is 0 Å². The van der Waals surface area contributed by atoms with Crippen molar-refractivity contribution in [3.05, 3.63) is 112 Å². The number of nitrogens with zero attached hydrogens (tertiary/aromatic N) is 3. The van der Waals surface area contributed by atoms with Gasteiger partial charge in [0.25, 0.3) is 23.5 Å². The number of alkyl carbamates (subject to hydrolysis) is 1. The number of nitrogens with two attached hydrogens (primary N) is 1. The lowest BCUT2D eigenvalue weighted by Crippen LogP contribution is -2.54. The minimum atomic E-state index is -2.15. The Morgan fingerprint density at radius 3 is 2.23 bits per heavy atom. The summed E-state index contributed by atoms with van der Waals surface area (Å²) in [6.07, 6.45) is 10.2. The summed E-state index contributed by atoms with van der Waals surface area (Å²) in [6.45, 7) is 16.0. The van der Waals surface area contributed by atoms with Crippen molar-refractivity contribution in [1.82, 2.24) is 36.5 Å². The number of aliphatic hydroxyl groups excluding tert-OH is 1. The first-order valence-corrected chi connectivity index (χ1v) is 38.9. The van der Waals surface area contributed by atoms with E-state index in [0.717, 1.165) is 4.90 Å². The maximum absolute atomic E-state index is 15.1. The fourth-order valence-electron chi connectivity index (χ4n) is 14.2. The van der Waals surface area contributed by atoms with Crippen LogP contribution in [0.5, 0.6) is 17.2 Å². The number of ether oxygens (including phenoxy) is 7. The standard InChI is InChI=1S/C82H105N11O23/c1-44(2)67(89-60(97)19-12-11-13-29-84-61(98)43-111-37-36-110-35-33-93-62(99)24-25-63(93)100)79(106)88-55(18-15-30-85-80(83)107)78(105)86-52-22-20-51(21-23-52)42-112-81(108)87-53-26-31-92(32-27-53)54-40-56(95)68-59(41-54)115-75-69(90-68)64-65-71(101)49(7)74-66(64)76(103)82(9,116-74)113-34-28-58(109-10)48(6)73(114-50(8)94)57(96)39-46(4)38-45(3)16-14-17-47(5)77(104)91-70(75)72(65)102/h14,16-17,20-25,28,34,40-41,44-46,48,53,55,57-58,67,73,95-96,101H,11-13,15,18-19,26-27,29-33,35-39,42-43H2,1-10H3,(H,84,98)(H,86,105)(H,87,108)(H,88,106)(H,89,97)(H,91,104)(H3,83,85,107)/b16-14+,34-28+,47-17-/t45-,46+,48+,55-,57+,58-,67-,73+,82-/m0/s1. The number of primary amides is 1. The zero-order valence-electron chi connectivity index (χ0n) is 66.8. The van der Waals surface area contributed by atoms with Gasteiger partial charge in [0.05, 0.1) is 55.8 Å². The number of Topliss-reactive ketones (excluding diaryl/α,β-unsaturated/α-hetero) is 1. The molecule has 34 heteroatoms. The molecule has 0 aromatic heterocycles. The number of piperidine rings is 1. The van der Waals surface area contributed by atoms with E-state index >= 15 is 9.59 Å². The summed E-state index contributed by atoms with van der Waals surface area (Å²) in [5.41, 5.74) is 4.83. The predicted molar refractivity (Wildman–Crippen MR) is 425 cm³/mol. The summed E-state index contributed by atoms with van der Waals surface area (Å²) in [7, 11) is 1.42. The van der Waals surface area contributed by atoms with E-state index in [-0.39, 0.29) is 164 Å². The molecule has 9 atom stereocenters. The number of amides is 10. The monoisotopic (exact) mass is 1610 g/mol. The van der Waals surface area contributed by atoms with Crippen LogP contribution >= 0.6 is 0 Å². The van der Waals surface area contributed by atoms with Gasteiger partial charge in [-0.15, -0.1) is 0 Å². The molecule has 1 aliphatic carbocycles. The highest BCUT2D eigenvalue weighted by Gasteiger charge is 2.50. The number of phenols is 2. The summed E-state index contributed by atoms with van der Waals surface area (Å²) >= 11 is 0. The SMILES string of the molecule is CO[C@H]1/C=C/O[C@@]2(C)Oc3c(C)c(O)c4c(=O)c(c5oc6cc(N7CCC(NC(=O)OCc8ccc(NC(=O)[C@H](CCCNC(N)=O)NC(=O)[C@@H](NC(=O)CCCCCNC(=O)COCCOCCN9C(=O)C=CC9=O)C(C)C)cc8)CC7)cc(O)c6nc-5c4c3C2=O)NC(=O)/C(C)=C\C=C\[C@H](C)C[C@@H](C)C[C@@H](O)[C@H](OC(C)=O)[C@@H]1C. The molecule has 626 valence electrons. The second-order valence-electron chi connectivity index (χ2n) is 30.0. The molecule has 116 heavy (non-hydrogen) atoms. The molecule has 10 amide bonds. The number of phenolic OH excluding ortho intramolecular Hbond substituents is 2. The van der Waals surface area contributed by atoms with Crippen LogP contribution in [0.4, 0.5) is 26.7 Å². The minimum Gasteiger partial charge on any atom is -0.507 e. The van der Waals surface area contributed by atoms with E-state index < -0.39 is 118 Å². The van der Waals surface area contributed by atoms with Crippen molar-refractivity contribution in [2.45, 2.75) is 175 Å². The number of aromatic hydroxyl groups is 2. The highest BCUT2D eigenvalue weighted by molar-refractivity contribution is 6.22. The van der Waals surface area contributed by atoms with Gasteiger partial charge in [-0.1, -0.05) is 71.4 Å². The van der Waals surface area contributed by atoms with Crippen molar-refractivity contribution in [3.63, 3.8) is 0 Å². The number of aromatic nitrogens is 1. The van der Waals surface area contributed by atoms with E-state index in [1.807, 2.05) is 24.8 Å². The third-order valence-corrected chi connectivity index (χ3v) is 20.6. The Hall–Kier alpha value is -11.5. The van der Waals surface area contributed by atoms with Crippen LogP contribution < -0.4 is 58.0 Å². The third-order valence-electron chi connectivity index (χ3n) is 20.6. The Kier molecular flexibility index (Phi) is 31.0. The molecule has 0 radical (unpaired) electrons. The number of hydrogen-bond donors (Lipinski definition) is 11. The third kappa shape index (κ3) is 23.0. The van der Waals surface area contributed by atoms with Crippen molar-refractivity contribution in [1.29, 1.82) is 0 Å². The molecule has 5 aliphatic heterocycles. The predicted octanol–water partition coefficient (Wildman–Crippen LogP) is 6.98. The number of esters is 1. The molecule has 0 saturated carbocycles. The number of carbonyl (C=O) groups is 11. The number of hydrogen-bond acceptors (Lipinski definition) is 25. The van der Waals surface area contributed by atoms with Gasteiger partial charge in [-0.25, -0.2) is 14.6 Å². The molecule has 1 saturated heterocycles. The van der Waals surface area contributed by atoms with E-state index in [4.69, 9.17) is 48.3 Å². The summed E-state index contributed by atoms with van der Waals surface area (Å²) in [4.78, 5) is 166. The van der Waals surface area contributed by atoms with E-state index in [2.05, 4.69) is 37.2 Å². The van der Waals surface area contributed by atoms with Gasteiger partial charge in [-0.05, 0) is 107 Å². The number of unbranched alkanes of at least 4 members (excludes halogenated alkanes) is 2. The van der Waals surface area contributed by atoms with Gasteiger partial charge < -0.3 is 101 Å². The maximum atomic E-state index is 15.1. The van der Waals surface area contributed by atoms with Gasteiger partial charge in [0.1, 0.15) is 65.5 Å². The molecule has 0 spiro atoms. The molecule has 12 N–H and O–H groups in total. The van der Waals surface area contributed by atoms with Gasteiger partial charge in [-0.3, -0.25) is 52.8 Å². The van der Waals surface area contributed by atoms with Crippen LogP contribution in [0.15, 0.2) is 93.9 Å². The lowest BCUT2D eigenvalue weighted by Gasteiger charge is -2.33. The molecular weight excluding hydrogens is 1510 g/mol. The highest BCUT2D eigenvalue weighted by Crippen LogP contribution is 2.51. The van der Waals surface area contributed by atoms with Crippen LogP contribution in [0.1, 0.15) is 141 Å². The second kappa shape index (κ2) is 40.7.